The molecule has 0 saturated carbocycles. The van der Waals surface area contributed by atoms with Gasteiger partial charge in [0.2, 0.25) is 0 Å². The molecule has 2 aliphatic rings. The second-order valence-electron chi connectivity index (χ2n) is 7.22. The number of likely N-dealkylation sites (tertiary alicyclic amines) is 1. The molecule has 1 amide bonds. The Balaban J connectivity index is 1.33. The van der Waals surface area contributed by atoms with E-state index in [4.69, 9.17) is 9.47 Å². The summed E-state index contributed by atoms with van der Waals surface area (Å²) in [6.45, 7) is 4.35. The second-order valence-corrected chi connectivity index (χ2v) is 7.22. The van der Waals surface area contributed by atoms with Gasteiger partial charge in [-0.05, 0) is 31.5 Å². The molecule has 26 heavy (non-hydrogen) atoms. The third-order valence-corrected chi connectivity index (χ3v) is 5.23. The third-order valence-electron chi connectivity index (χ3n) is 5.23. The van der Waals surface area contributed by atoms with Crippen molar-refractivity contribution in [2.75, 3.05) is 19.7 Å². The fraction of sp³-hybridized carbons (Fsp3) is 0.526. The van der Waals surface area contributed by atoms with Crippen LogP contribution in [0, 0.1) is 6.92 Å². The Morgan fingerprint density at radius 3 is 3.08 bits per heavy atom. The van der Waals surface area contributed by atoms with Crippen LogP contribution in [0.25, 0.3) is 0 Å². The predicted octanol–water partition coefficient (Wildman–Crippen LogP) is 1.71. The van der Waals surface area contributed by atoms with E-state index in [-0.39, 0.29) is 17.6 Å². The first-order chi connectivity index (χ1) is 12.5. The average Bonchev–Trinajstić information content (AvgIpc) is 3.34. The number of amides is 1. The van der Waals surface area contributed by atoms with Gasteiger partial charge < -0.3 is 14.4 Å². The molecule has 7 heteroatoms. The third kappa shape index (κ3) is 3.37. The Morgan fingerprint density at radius 1 is 1.42 bits per heavy atom. The van der Waals surface area contributed by atoms with Gasteiger partial charge in [0.05, 0.1) is 37.2 Å². The number of carbonyl (C=O) groups is 1. The van der Waals surface area contributed by atoms with Gasteiger partial charge in [-0.3, -0.25) is 14.5 Å². The largest absolute Gasteiger partial charge is 0.370 e. The minimum absolute atomic E-state index is 0.0128. The number of ether oxygens (including phenoxy) is 2. The summed E-state index contributed by atoms with van der Waals surface area (Å²) in [4.78, 5) is 19.0. The lowest BCUT2D eigenvalue weighted by atomic mass is 9.98. The van der Waals surface area contributed by atoms with Gasteiger partial charge in [-0.1, -0.05) is 6.07 Å². The molecule has 2 saturated heterocycles. The predicted molar refractivity (Wildman–Crippen MR) is 94.6 cm³/mol. The van der Waals surface area contributed by atoms with Crippen molar-refractivity contribution in [2.24, 2.45) is 7.05 Å². The Hall–Kier alpha value is -2.25. The van der Waals surface area contributed by atoms with Crippen molar-refractivity contribution in [3.63, 3.8) is 0 Å². The van der Waals surface area contributed by atoms with E-state index < -0.39 is 0 Å². The van der Waals surface area contributed by atoms with Crippen molar-refractivity contribution >= 4 is 5.91 Å². The van der Waals surface area contributed by atoms with Crippen LogP contribution in [0.4, 0.5) is 0 Å². The highest BCUT2D eigenvalue weighted by atomic mass is 16.6. The fourth-order valence-electron chi connectivity index (χ4n) is 3.84. The fourth-order valence-corrected chi connectivity index (χ4v) is 3.84. The molecule has 0 bridgehead atoms. The molecule has 4 rings (SSSR count). The van der Waals surface area contributed by atoms with Crippen LogP contribution in [0.1, 0.15) is 34.7 Å². The number of pyridine rings is 1. The van der Waals surface area contributed by atoms with Gasteiger partial charge >= 0.3 is 0 Å². The molecule has 0 N–H and O–H groups in total. The minimum Gasteiger partial charge on any atom is -0.370 e. The first-order valence-electron chi connectivity index (χ1n) is 9.00. The number of hydrogen-bond donors (Lipinski definition) is 0. The first kappa shape index (κ1) is 17.2. The topological polar surface area (TPSA) is 69.5 Å². The number of nitrogens with zero attached hydrogens (tertiary/aromatic N) is 4. The Labute approximate surface area is 152 Å². The van der Waals surface area contributed by atoms with E-state index in [1.807, 2.05) is 30.0 Å². The summed E-state index contributed by atoms with van der Waals surface area (Å²) >= 11 is 0. The molecule has 0 aromatic carbocycles. The maximum atomic E-state index is 12.7. The Bertz CT molecular complexity index is 806. The van der Waals surface area contributed by atoms with Gasteiger partial charge in [0, 0.05) is 31.9 Å². The van der Waals surface area contributed by atoms with E-state index in [9.17, 15) is 4.79 Å². The van der Waals surface area contributed by atoms with E-state index in [1.165, 1.54) is 0 Å². The van der Waals surface area contributed by atoms with Crippen LogP contribution in [-0.2, 0) is 23.1 Å². The molecular weight excluding hydrogens is 332 g/mol. The molecule has 2 atom stereocenters. The highest BCUT2D eigenvalue weighted by molar-refractivity contribution is 5.92. The monoisotopic (exact) mass is 356 g/mol. The Morgan fingerprint density at radius 2 is 2.31 bits per heavy atom. The van der Waals surface area contributed by atoms with Crippen molar-refractivity contribution in [1.29, 1.82) is 0 Å². The summed E-state index contributed by atoms with van der Waals surface area (Å²) in [6.07, 6.45) is 3.35. The van der Waals surface area contributed by atoms with Crippen molar-refractivity contribution in [1.82, 2.24) is 19.7 Å². The molecular formula is C19H24N4O3. The lowest BCUT2D eigenvalue weighted by molar-refractivity contribution is -0.000172. The highest BCUT2D eigenvalue weighted by Gasteiger charge is 2.47. The van der Waals surface area contributed by atoms with Gasteiger partial charge in [-0.2, -0.15) is 5.10 Å². The zero-order chi connectivity index (χ0) is 18.1. The van der Waals surface area contributed by atoms with Gasteiger partial charge in [0.1, 0.15) is 5.69 Å². The van der Waals surface area contributed by atoms with Crippen LogP contribution in [-0.4, -0.2) is 57.0 Å². The van der Waals surface area contributed by atoms with Crippen molar-refractivity contribution in [2.45, 2.75) is 38.1 Å². The van der Waals surface area contributed by atoms with E-state index in [0.717, 1.165) is 24.2 Å². The number of rotatable bonds is 4. The van der Waals surface area contributed by atoms with Crippen molar-refractivity contribution in [3.8, 4) is 0 Å². The second kappa shape index (κ2) is 6.81. The standard InChI is InChI=1S/C19H24N4O3/c1-14-4-3-5-15(21-14)11-25-16-10-19(26-12-16)7-9-23(13-19)18(24)17-6-8-20-22(17)2/h3-6,8,16H,7,9-13H2,1-2H3/t16-,19+/m1/s1. The molecule has 2 fully saturated rings. The SMILES string of the molecule is Cc1cccc(CO[C@H]2CO[C@@]3(CCN(C(=O)c4ccnn4C)C3)C2)n1. The summed E-state index contributed by atoms with van der Waals surface area (Å²) < 4.78 is 13.7. The van der Waals surface area contributed by atoms with Crippen LogP contribution in [0.3, 0.4) is 0 Å². The molecule has 0 radical (unpaired) electrons. The number of aromatic nitrogens is 3. The van der Waals surface area contributed by atoms with Gasteiger partial charge in [-0.15, -0.1) is 0 Å². The Kier molecular flexibility index (Phi) is 4.50. The quantitative estimate of drug-likeness (QED) is 0.834. The van der Waals surface area contributed by atoms with E-state index in [1.54, 1.807) is 24.0 Å². The highest BCUT2D eigenvalue weighted by Crippen LogP contribution is 2.36. The molecule has 0 unspecified atom stereocenters. The maximum absolute atomic E-state index is 12.7. The van der Waals surface area contributed by atoms with Crippen molar-refractivity contribution in [3.05, 3.63) is 47.5 Å². The van der Waals surface area contributed by atoms with Gasteiger partial charge in [-0.25, -0.2) is 0 Å². The van der Waals surface area contributed by atoms with E-state index >= 15 is 0 Å². The molecule has 2 aromatic heterocycles. The van der Waals surface area contributed by atoms with Crippen LogP contribution >= 0.6 is 0 Å². The summed E-state index contributed by atoms with van der Waals surface area (Å²) in [5.74, 6) is 0.0128. The number of aryl methyl sites for hydroxylation is 2. The minimum atomic E-state index is -0.279. The summed E-state index contributed by atoms with van der Waals surface area (Å²) in [6, 6.07) is 7.70. The van der Waals surface area contributed by atoms with Crippen LogP contribution in [0.5, 0.6) is 0 Å². The van der Waals surface area contributed by atoms with Crippen LogP contribution in [0.15, 0.2) is 30.5 Å². The number of hydrogen-bond acceptors (Lipinski definition) is 5. The van der Waals surface area contributed by atoms with Crippen molar-refractivity contribution < 1.29 is 14.3 Å². The lowest BCUT2D eigenvalue weighted by Gasteiger charge is -2.23. The molecule has 7 nitrogen and oxygen atoms in total. The van der Waals surface area contributed by atoms with E-state index in [2.05, 4.69) is 10.1 Å². The lowest BCUT2D eigenvalue weighted by Crippen LogP contribution is -2.36. The zero-order valence-electron chi connectivity index (χ0n) is 15.2. The van der Waals surface area contributed by atoms with Gasteiger partial charge in [0.15, 0.2) is 0 Å². The molecule has 0 aliphatic carbocycles. The van der Waals surface area contributed by atoms with Gasteiger partial charge in [0.25, 0.3) is 5.91 Å². The van der Waals surface area contributed by atoms with E-state index in [0.29, 0.717) is 32.0 Å². The molecule has 2 aliphatic heterocycles. The van der Waals surface area contributed by atoms with Crippen LogP contribution in [0.2, 0.25) is 0 Å². The summed E-state index contributed by atoms with van der Waals surface area (Å²) in [5.41, 5.74) is 2.26. The average molecular weight is 356 g/mol. The first-order valence-corrected chi connectivity index (χ1v) is 9.00. The summed E-state index contributed by atoms with van der Waals surface area (Å²) in [7, 11) is 1.79. The van der Waals surface area contributed by atoms with Crippen LogP contribution < -0.4 is 0 Å². The maximum Gasteiger partial charge on any atom is 0.272 e. The smallest absolute Gasteiger partial charge is 0.272 e. The molecule has 138 valence electrons. The molecule has 4 heterocycles. The number of carbonyl (C=O) groups excluding carboxylic acids is 1. The summed E-state index contributed by atoms with van der Waals surface area (Å²) in [5, 5.41) is 4.08. The molecule has 2 aromatic rings. The molecule has 1 spiro atoms. The normalized spacial score (nSPS) is 25.3. The zero-order valence-corrected chi connectivity index (χ0v) is 15.2.